The molecule has 4 rings (SSSR count). The number of nitrogens with zero attached hydrogens (tertiary/aromatic N) is 1. The Morgan fingerprint density at radius 3 is 2.44 bits per heavy atom. The van der Waals surface area contributed by atoms with Crippen LogP contribution in [0.2, 0.25) is 0 Å². The quantitative estimate of drug-likeness (QED) is 0.613. The summed E-state index contributed by atoms with van der Waals surface area (Å²) in [4.78, 5) is 27.5. The van der Waals surface area contributed by atoms with E-state index in [1.807, 2.05) is 56.9 Å². The maximum Gasteiger partial charge on any atom is 0.222 e. The molecule has 1 spiro atoms. The van der Waals surface area contributed by atoms with E-state index < -0.39 is 5.60 Å². The highest BCUT2D eigenvalue weighted by Crippen LogP contribution is 2.41. The first-order valence-corrected chi connectivity index (χ1v) is 11.6. The van der Waals surface area contributed by atoms with Gasteiger partial charge in [0.2, 0.25) is 5.91 Å². The summed E-state index contributed by atoms with van der Waals surface area (Å²) in [5.74, 6) is 1.96. The molecule has 2 aromatic rings. The van der Waals surface area contributed by atoms with Crippen LogP contribution in [0.25, 0.3) is 0 Å². The number of ketones is 1. The smallest absolute Gasteiger partial charge is 0.222 e. The molecule has 0 aliphatic carbocycles. The Balaban J connectivity index is 1.29. The fraction of sp³-hybridized carbons (Fsp3) is 0.481. The number of carbonyl (C=O) groups is 2. The molecule has 1 amide bonds. The molecule has 2 heterocycles. The molecule has 2 aliphatic rings. The van der Waals surface area contributed by atoms with Gasteiger partial charge in [-0.25, -0.2) is 0 Å². The van der Waals surface area contributed by atoms with Crippen molar-refractivity contribution in [3.8, 4) is 11.5 Å². The summed E-state index contributed by atoms with van der Waals surface area (Å²) in [6, 6.07) is 10.1. The first-order chi connectivity index (χ1) is 15.3. The zero-order chi connectivity index (χ0) is 22.9. The first kappa shape index (κ1) is 22.4. The van der Waals surface area contributed by atoms with Crippen molar-refractivity contribution in [1.82, 2.24) is 4.90 Å². The van der Waals surface area contributed by atoms with Crippen molar-refractivity contribution in [2.45, 2.75) is 65.4 Å². The zero-order valence-electron chi connectivity index (χ0n) is 19.6. The van der Waals surface area contributed by atoms with Crippen LogP contribution in [0, 0.1) is 27.7 Å². The van der Waals surface area contributed by atoms with E-state index >= 15 is 0 Å². The second-order valence-corrected chi connectivity index (χ2v) is 9.40. The molecule has 0 bridgehead atoms. The third-order valence-corrected chi connectivity index (χ3v) is 6.74. The van der Waals surface area contributed by atoms with Crippen LogP contribution in [0.4, 0.5) is 0 Å². The molecule has 2 aliphatic heterocycles. The van der Waals surface area contributed by atoms with Gasteiger partial charge in [-0.05, 0) is 62.4 Å². The number of para-hydroxylation sites is 1. The van der Waals surface area contributed by atoms with Crippen LogP contribution in [0.3, 0.4) is 0 Å². The van der Waals surface area contributed by atoms with Gasteiger partial charge in [0.05, 0.1) is 18.6 Å². The van der Waals surface area contributed by atoms with Crippen molar-refractivity contribution in [2.24, 2.45) is 0 Å². The number of ether oxygens (including phenoxy) is 2. The topological polar surface area (TPSA) is 55.8 Å². The monoisotopic (exact) mass is 435 g/mol. The van der Waals surface area contributed by atoms with Gasteiger partial charge in [0.15, 0.2) is 5.78 Å². The lowest BCUT2D eigenvalue weighted by atomic mass is 9.81. The molecule has 0 atom stereocenters. The van der Waals surface area contributed by atoms with Crippen molar-refractivity contribution in [3.05, 3.63) is 58.1 Å². The van der Waals surface area contributed by atoms with Gasteiger partial charge in [0.1, 0.15) is 17.1 Å². The third-order valence-electron chi connectivity index (χ3n) is 6.74. The minimum absolute atomic E-state index is 0.152. The number of hydrogen-bond acceptors (Lipinski definition) is 4. The molecule has 0 radical (unpaired) electrons. The molecule has 5 heteroatoms. The van der Waals surface area contributed by atoms with Gasteiger partial charge >= 0.3 is 0 Å². The van der Waals surface area contributed by atoms with Crippen molar-refractivity contribution >= 4 is 11.7 Å². The summed E-state index contributed by atoms with van der Waals surface area (Å²) in [7, 11) is 0. The van der Waals surface area contributed by atoms with E-state index in [9.17, 15) is 9.59 Å². The minimum atomic E-state index is -0.480. The van der Waals surface area contributed by atoms with Crippen LogP contribution in [0.5, 0.6) is 11.5 Å². The normalized spacial score (nSPS) is 17.1. The highest BCUT2D eigenvalue weighted by atomic mass is 16.5. The summed E-state index contributed by atoms with van der Waals surface area (Å²) in [6.07, 6.45) is 2.94. The Morgan fingerprint density at radius 1 is 1.06 bits per heavy atom. The average Bonchev–Trinajstić information content (AvgIpc) is 2.74. The van der Waals surface area contributed by atoms with E-state index in [1.165, 1.54) is 0 Å². The Morgan fingerprint density at radius 2 is 1.75 bits per heavy atom. The Kier molecular flexibility index (Phi) is 6.27. The predicted molar refractivity (Wildman–Crippen MR) is 125 cm³/mol. The lowest BCUT2D eigenvalue weighted by molar-refractivity contribution is -0.135. The van der Waals surface area contributed by atoms with E-state index in [-0.39, 0.29) is 11.7 Å². The minimum Gasteiger partial charge on any atom is -0.493 e. The molecule has 32 heavy (non-hydrogen) atoms. The Bertz CT molecular complexity index is 1010. The largest absolute Gasteiger partial charge is 0.493 e. The average molecular weight is 436 g/mol. The number of aryl methyl sites for hydroxylation is 4. The number of hydrogen-bond donors (Lipinski definition) is 0. The van der Waals surface area contributed by atoms with Gasteiger partial charge in [-0.2, -0.15) is 0 Å². The predicted octanol–water partition coefficient (Wildman–Crippen LogP) is 5.11. The molecule has 0 aromatic heterocycles. The lowest BCUT2D eigenvalue weighted by Gasteiger charge is -2.44. The van der Waals surface area contributed by atoms with Crippen molar-refractivity contribution < 1.29 is 19.1 Å². The van der Waals surface area contributed by atoms with Gasteiger partial charge in [0, 0.05) is 32.4 Å². The maximum atomic E-state index is 12.8. The number of piperidine rings is 1. The summed E-state index contributed by atoms with van der Waals surface area (Å²) in [5, 5.41) is 0. The SMILES string of the molecule is Cc1cc(C)c2c(c1)C(=O)CC1(CCN(C(=O)CCCOc3c(C)cccc3C)CC1)O2. The van der Waals surface area contributed by atoms with Crippen LogP contribution < -0.4 is 9.47 Å². The Hall–Kier alpha value is -2.82. The number of likely N-dealkylation sites (tertiary alicyclic amines) is 1. The second-order valence-electron chi connectivity index (χ2n) is 9.40. The Labute approximate surface area is 190 Å². The first-order valence-electron chi connectivity index (χ1n) is 11.6. The third kappa shape index (κ3) is 4.52. The van der Waals surface area contributed by atoms with Gasteiger partial charge in [-0.1, -0.05) is 24.3 Å². The van der Waals surface area contributed by atoms with Crippen molar-refractivity contribution in [2.75, 3.05) is 19.7 Å². The van der Waals surface area contributed by atoms with E-state index in [1.54, 1.807) is 0 Å². The van der Waals surface area contributed by atoms with Crippen LogP contribution in [-0.2, 0) is 4.79 Å². The van der Waals surface area contributed by atoms with E-state index in [0.29, 0.717) is 57.4 Å². The highest BCUT2D eigenvalue weighted by molar-refractivity contribution is 6.01. The summed E-state index contributed by atoms with van der Waals surface area (Å²) >= 11 is 0. The summed E-state index contributed by atoms with van der Waals surface area (Å²) in [5.41, 5.74) is 4.55. The fourth-order valence-corrected chi connectivity index (χ4v) is 4.96. The molecule has 0 saturated carbocycles. The molecular weight excluding hydrogens is 402 g/mol. The van der Waals surface area contributed by atoms with Crippen molar-refractivity contribution in [1.29, 1.82) is 0 Å². The molecule has 170 valence electrons. The molecule has 0 N–H and O–H groups in total. The van der Waals surface area contributed by atoms with Crippen LogP contribution in [-0.4, -0.2) is 41.9 Å². The molecule has 0 unspecified atom stereocenters. The van der Waals surface area contributed by atoms with E-state index in [4.69, 9.17) is 9.47 Å². The van der Waals surface area contributed by atoms with Gasteiger partial charge < -0.3 is 14.4 Å². The second kappa shape index (κ2) is 8.97. The van der Waals surface area contributed by atoms with Gasteiger partial charge in [-0.3, -0.25) is 9.59 Å². The van der Waals surface area contributed by atoms with E-state index in [0.717, 1.165) is 33.8 Å². The summed E-state index contributed by atoms with van der Waals surface area (Å²) < 4.78 is 12.4. The maximum absolute atomic E-state index is 12.8. The molecule has 1 fully saturated rings. The summed E-state index contributed by atoms with van der Waals surface area (Å²) in [6.45, 7) is 9.86. The number of amides is 1. The van der Waals surface area contributed by atoms with E-state index in [2.05, 4.69) is 6.07 Å². The van der Waals surface area contributed by atoms with Gasteiger partial charge in [0.25, 0.3) is 0 Å². The number of fused-ring (bicyclic) bond motifs is 1. The number of carbonyl (C=O) groups excluding carboxylic acids is 2. The number of benzene rings is 2. The lowest BCUT2D eigenvalue weighted by Crippen LogP contribution is -2.52. The number of Topliss-reactive ketones (excluding diaryl/α,β-unsaturated/α-hetero) is 1. The molecular formula is C27H33NO4. The fourth-order valence-electron chi connectivity index (χ4n) is 4.96. The van der Waals surface area contributed by atoms with Gasteiger partial charge in [-0.15, -0.1) is 0 Å². The zero-order valence-corrected chi connectivity index (χ0v) is 19.6. The molecule has 1 saturated heterocycles. The van der Waals surface area contributed by atoms with Crippen molar-refractivity contribution in [3.63, 3.8) is 0 Å². The van der Waals surface area contributed by atoms with Crippen LogP contribution in [0.1, 0.15) is 64.7 Å². The number of rotatable bonds is 5. The van der Waals surface area contributed by atoms with Crippen LogP contribution >= 0.6 is 0 Å². The van der Waals surface area contributed by atoms with Crippen LogP contribution in [0.15, 0.2) is 30.3 Å². The molecule has 5 nitrogen and oxygen atoms in total. The highest BCUT2D eigenvalue weighted by Gasteiger charge is 2.44. The standard InChI is InChI=1S/C27H33NO4/c1-18-15-21(4)26-22(16-18)23(29)17-27(32-26)10-12-28(13-11-27)24(30)9-6-14-31-25-19(2)7-5-8-20(25)3/h5,7-8,15-16H,6,9-14,17H2,1-4H3. The molecule has 2 aromatic carbocycles.